The van der Waals surface area contributed by atoms with Crippen molar-refractivity contribution in [1.29, 1.82) is 0 Å². The molecule has 0 aromatic carbocycles. The molecule has 1 unspecified atom stereocenters. The summed E-state index contributed by atoms with van der Waals surface area (Å²) in [6, 6.07) is 0.397. The van der Waals surface area contributed by atoms with Crippen molar-refractivity contribution in [2.75, 3.05) is 6.61 Å². The van der Waals surface area contributed by atoms with E-state index in [1.54, 1.807) is 0 Å². The van der Waals surface area contributed by atoms with Gasteiger partial charge in [-0.05, 0) is 13.3 Å². The van der Waals surface area contributed by atoms with Gasteiger partial charge in [-0.2, -0.15) is 5.10 Å². The van der Waals surface area contributed by atoms with E-state index in [0.29, 0.717) is 23.8 Å². The lowest BCUT2D eigenvalue weighted by Crippen LogP contribution is -2.37. The van der Waals surface area contributed by atoms with E-state index < -0.39 is 0 Å². The Balaban J connectivity index is 1.55. The summed E-state index contributed by atoms with van der Waals surface area (Å²) < 4.78 is 7.39. The van der Waals surface area contributed by atoms with E-state index in [0.717, 1.165) is 42.6 Å². The number of hydrogen-bond donors (Lipinski definition) is 1. The third kappa shape index (κ3) is 3.44. The van der Waals surface area contributed by atoms with Crippen molar-refractivity contribution >= 4 is 11.3 Å². The van der Waals surface area contributed by atoms with Crippen molar-refractivity contribution in [3.8, 4) is 5.19 Å². The maximum Gasteiger partial charge on any atom is 0.294 e. The Hall–Kier alpha value is -1.54. The van der Waals surface area contributed by atoms with Crippen molar-refractivity contribution in [3.05, 3.63) is 16.7 Å². The molecule has 8 heteroatoms. The molecule has 22 heavy (non-hydrogen) atoms. The molecule has 1 aliphatic rings. The topological polar surface area (TPSA) is 77.8 Å². The fourth-order valence-electron chi connectivity index (χ4n) is 2.46. The molecule has 2 aromatic rings. The van der Waals surface area contributed by atoms with E-state index in [4.69, 9.17) is 4.74 Å². The summed E-state index contributed by atoms with van der Waals surface area (Å²) in [5.41, 5.74) is 0. The van der Waals surface area contributed by atoms with E-state index in [2.05, 4.69) is 39.4 Å². The number of ether oxygens (including phenoxy) is 1. The maximum atomic E-state index is 5.34. The van der Waals surface area contributed by atoms with Gasteiger partial charge in [-0.3, -0.25) is 0 Å². The number of nitrogens with zero attached hydrogens (tertiary/aromatic N) is 5. The molecular weight excluding hydrogens is 300 g/mol. The normalized spacial score (nSPS) is 17.7. The molecule has 0 amide bonds. The first-order valence-corrected chi connectivity index (χ1v) is 8.59. The van der Waals surface area contributed by atoms with Crippen LogP contribution in [0.3, 0.4) is 0 Å². The lowest BCUT2D eigenvalue weighted by atomic mass is 10.1. The van der Waals surface area contributed by atoms with Gasteiger partial charge in [0.2, 0.25) is 0 Å². The number of aryl methyl sites for hydroxylation is 1. The van der Waals surface area contributed by atoms with Gasteiger partial charge >= 0.3 is 0 Å². The van der Waals surface area contributed by atoms with E-state index in [1.165, 1.54) is 11.3 Å². The Kier molecular flexibility index (Phi) is 4.68. The maximum absolute atomic E-state index is 5.34. The summed E-state index contributed by atoms with van der Waals surface area (Å²) in [5.74, 6) is 2.43. The van der Waals surface area contributed by atoms with Crippen molar-refractivity contribution in [2.24, 2.45) is 0 Å². The minimum Gasteiger partial charge on any atom is -0.469 e. The summed E-state index contributed by atoms with van der Waals surface area (Å²) in [6.07, 6.45) is 2.05. The Morgan fingerprint density at radius 3 is 3.05 bits per heavy atom. The first-order chi connectivity index (χ1) is 10.7. The third-order valence-corrected chi connectivity index (χ3v) is 4.48. The van der Waals surface area contributed by atoms with Crippen LogP contribution in [0.5, 0.6) is 5.19 Å². The molecule has 0 aliphatic carbocycles. The zero-order valence-electron chi connectivity index (χ0n) is 13.2. The van der Waals surface area contributed by atoms with Crippen LogP contribution in [0.1, 0.15) is 49.8 Å². The van der Waals surface area contributed by atoms with E-state index >= 15 is 0 Å². The van der Waals surface area contributed by atoms with Crippen LogP contribution in [-0.2, 0) is 19.5 Å². The second-order valence-corrected chi connectivity index (χ2v) is 6.76. The first kappa shape index (κ1) is 15.4. The third-order valence-electron chi connectivity index (χ3n) is 3.65. The van der Waals surface area contributed by atoms with Crippen LogP contribution in [-0.4, -0.2) is 37.6 Å². The molecule has 0 bridgehead atoms. The summed E-state index contributed by atoms with van der Waals surface area (Å²) >= 11 is 1.50. The van der Waals surface area contributed by atoms with Crippen LogP contribution in [0, 0.1) is 0 Å². The second kappa shape index (κ2) is 6.70. The van der Waals surface area contributed by atoms with E-state index in [9.17, 15) is 0 Å². The summed E-state index contributed by atoms with van der Waals surface area (Å²) in [5, 5.41) is 17.9. The zero-order chi connectivity index (χ0) is 15.5. The van der Waals surface area contributed by atoms with Gasteiger partial charge in [0.25, 0.3) is 5.19 Å². The summed E-state index contributed by atoms with van der Waals surface area (Å²) in [6.45, 7) is 8.41. The van der Waals surface area contributed by atoms with Gasteiger partial charge in [0.05, 0.1) is 19.7 Å². The highest BCUT2D eigenvalue weighted by molar-refractivity contribution is 7.13. The smallest absolute Gasteiger partial charge is 0.294 e. The minimum atomic E-state index is 0.378. The van der Waals surface area contributed by atoms with Crippen molar-refractivity contribution in [1.82, 2.24) is 30.3 Å². The highest BCUT2D eigenvalue weighted by atomic mass is 32.1. The second-order valence-electron chi connectivity index (χ2n) is 5.73. The number of aromatic nitrogens is 5. The molecule has 3 heterocycles. The average Bonchev–Trinajstić information content (AvgIpc) is 3.11. The molecule has 7 nitrogen and oxygen atoms in total. The van der Waals surface area contributed by atoms with Gasteiger partial charge in [-0.25, -0.2) is 9.67 Å². The van der Waals surface area contributed by atoms with Gasteiger partial charge in [-0.15, -0.1) is 10.2 Å². The Morgan fingerprint density at radius 1 is 1.41 bits per heavy atom. The largest absolute Gasteiger partial charge is 0.469 e. The number of rotatable bonds is 6. The quantitative estimate of drug-likeness (QED) is 0.873. The molecule has 1 N–H and O–H groups in total. The minimum absolute atomic E-state index is 0.378. The first-order valence-electron chi connectivity index (χ1n) is 7.78. The predicted molar refractivity (Wildman–Crippen MR) is 84.1 cm³/mol. The molecule has 0 fully saturated rings. The monoisotopic (exact) mass is 322 g/mol. The molecule has 0 spiro atoms. The molecular formula is C14H22N6OS. The van der Waals surface area contributed by atoms with Crippen LogP contribution in [0.25, 0.3) is 0 Å². The highest BCUT2D eigenvalue weighted by Crippen LogP contribution is 2.19. The SMILES string of the molecule is CCOc1nnc(CNC2CCc3nc(C(C)C)nn3C2)s1. The molecule has 0 saturated carbocycles. The standard InChI is InChI=1S/C14H22N6OS/c1-4-21-14-18-17-12(22-14)7-15-10-5-6-11-16-13(9(2)3)19-20(11)8-10/h9-10,15H,4-8H2,1-3H3. The molecule has 3 rings (SSSR count). The Labute approximate surface area is 134 Å². The number of nitrogens with one attached hydrogen (secondary N) is 1. The lowest BCUT2D eigenvalue weighted by Gasteiger charge is -2.23. The average molecular weight is 322 g/mol. The fraction of sp³-hybridized carbons (Fsp3) is 0.714. The predicted octanol–water partition coefficient (Wildman–Crippen LogP) is 1.76. The molecule has 0 radical (unpaired) electrons. The zero-order valence-corrected chi connectivity index (χ0v) is 14.1. The van der Waals surface area contributed by atoms with Crippen LogP contribution < -0.4 is 10.1 Å². The fourth-order valence-corrected chi connectivity index (χ4v) is 3.16. The molecule has 0 saturated heterocycles. The van der Waals surface area contributed by atoms with Crippen molar-refractivity contribution < 1.29 is 4.74 Å². The lowest BCUT2D eigenvalue weighted by molar-refractivity contribution is 0.335. The van der Waals surface area contributed by atoms with Crippen LogP contribution >= 0.6 is 11.3 Å². The number of hydrogen-bond acceptors (Lipinski definition) is 7. The molecule has 2 aromatic heterocycles. The van der Waals surface area contributed by atoms with Gasteiger partial charge < -0.3 is 10.1 Å². The van der Waals surface area contributed by atoms with Gasteiger partial charge in [0, 0.05) is 18.4 Å². The van der Waals surface area contributed by atoms with Crippen molar-refractivity contribution in [2.45, 2.75) is 58.7 Å². The summed E-state index contributed by atoms with van der Waals surface area (Å²) in [7, 11) is 0. The van der Waals surface area contributed by atoms with Gasteiger partial charge in [0.15, 0.2) is 5.82 Å². The van der Waals surface area contributed by atoms with E-state index in [1.807, 2.05) is 11.6 Å². The Bertz CT molecular complexity index is 623. The molecule has 1 atom stereocenters. The summed E-state index contributed by atoms with van der Waals surface area (Å²) in [4.78, 5) is 4.61. The van der Waals surface area contributed by atoms with Crippen LogP contribution in [0.4, 0.5) is 0 Å². The van der Waals surface area contributed by atoms with Gasteiger partial charge in [0.1, 0.15) is 10.8 Å². The molecule has 1 aliphatic heterocycles. The molecule has 120 valence electrons. The Morgan fingerprint density at radius 2 is 2.27 bits per heavy atom. The highest BCUT2D eigenvalue weighted by Gasteiger charge is 2.22. The van der Waals surface area contributed by atoms with Crippen LogP contribution in [0.15, 0.2) is 0 Å². The van der Waals surface area contributed by atoms with Crippen LogP contribution in [0.2, 0.25) is 0 Å². The van der Waals surface area contributed by atoms with Crippen molar-refractivity contribution in [3.63, 3.8) is 0 Å². The van der Waals surface area contributed by atoms with E-state index in [-0.39, 0.29) is 0 Å². The van der Waals surface area contributed by atoms with Gasteiger partial charge in [-0.1, -0.05) is 25.2 Å². The number of fused-ring (bicyclic) bond motifs is 1.